The molecule has 2 unspecified atom stereocenters. The van der Waals surface area contributed by atoms with E-state index in [2.05, 4.69) is 20.0 Å². The third-order valence-corrected chi connectivity index (χ3v) is 10.9. The van der Waals surface area contributed by atoms with Gasteiger partial charge < -0.3 is 34.7 Å². The number of aromatic nitrogens is 4. The van der Waals surface area contributed by atoms with Crippen molar-refractivity contribution in [3.8, 4) is 5.88 Å². The van der Waals surface area contributed by atoms with E-state index in [1.165, 1.54) is 24.9 Å². The van der Waals surface area contributed by atoms with Gasteiger partial charge in [0, 0.05) is 5.75 Å². The number of nitrogens with one attached hydrogen (secondary N) is 1. The highest BCUT2D eigenvalue weighted by Crippen LogP contribution is 2.59. The highest BCUT2D eigenvalue weighted by atomic mass is 32.7. The monoisotopic (exact) mass is 594 g/mol. The third kappa shape index (κ3) is 5.55. The Morgan fingerprint density at radius 1 is 1.38 bits per heavy atom. The lowest BCUT2D eigenvalue weighted by Crippen LogP contribution is -2.44. The quantitative estimate of drug-likeness (QED) is 0.218. The van der Waals surface area contributed by atoms with Crippen LogP contribution < -0.4 is 15.6 Å². The van der Waals surface area contributed by atoms with Crippen LogP contribution in [0, 0.1) is 0 Å². The number of nitrogens with two attached hydrogens (primary N) is 1. The summed E-state index contributed by atoms with van der Waals surface area (Å²) in [5, 5.41) is 24.9. The maximum Gasteiger partial charge on any atom is 0.327 e. The second-order valence-corrected chi connectivity index (χ2v) is 14.1. The zero-order chi connectivity index (χ0) is 28.7. The summed E-state index contributed by atoms with van der Waals surface area (Å²) in [6, 6.07) is 8.46. The van der Waals surface area contributed by atoms with E-state index < -0.39 is 48.9 Å². The number of rotatable bonds is 8. The molecule has 14 nitrogen and oxygen atoms in total. The first-order chi connectivity index (χ1) is 19.0. The minimum Gasteiger partial charge on any atom is -0.479 e. The number of fused-ring (bicyclic) bond motifs is 1. The van der Waals surface area contributed by atoms with Crippen molar-refractivity contribution in [2.75, 3.05) is 25.2 Å². The Morgan fingerprint density at radius 3 is 2.85 bits per heavy atom. The molecule has 216 valence electrons. The van der Waals surface area contributed by atoms with E-state index in [1.54, 1.807) is 6.92 Å². The van der Waals surface area contributed by atoms with Crippen molar-refractivity contribution < 1.29 is 38.3 Å². The molecule has 4 heterocycles. The van der Waals surface area contributed by atoms with Crippen molar-refractivity contribution in [3.05, 3.63) is 42.2 Å². The first kappa shape index (κ1) is 28.7. The number of benzene rings is 1. The van der Waals surface area contributed by atoms with Gasteiger partial charge in [-0.3, -0.25) is 13.9 Å². The van der Waals surface area contributed by atoms with Gasteiger partial charge in [0.05, 0.1) is 20.0 Å². The van der Waals surface area contributed by atoms with Crippen molar-refractivity contribution in [2.45, 2.75) is 56.5 Å². The van der Waals surface area contributed by atoms with Crippen LogP contribution in [0.2, 0.25) is 0 Å². The Morgan fingerprint density at radius 2 is 2.12 bits per heavy atom. The molecule has 7 atom stereocenters. The maximum absolute atomic E-state index is 13.5. The van der Waals surface area contributed by atoms with Crippen LogP contribution in [0.25, 0.3) is 11.2 Å². The van der Waals surface area contributed by atoms with Crippen LogP contribution in [0.3, 0.4) is 0 Å². The number of aliphatic hydroxyl groups excluding tert-OH is 1. The second kappa shape index (κ2) is 11.2. The average Bonchev–Trinajstić information content (AvgIpc) is 3.45. The zero-order valence-corrected chi connectivity index (χ0v) is 23.7. The number of ether oxygens (including phenoxy) is 3. The summed E-state index contributed by atoms with van der Waals surface area (Å²) < 4.78 is 37.4. The molecule has 0 aliphatic carbocycles. The van der Waals surface area contributed by atoms with Crippen LogP contribution >= 0.6 is 18.1 Å². The molecule has 0 spiro atoms. The van der Waals surface area contributed by atoms with Gasteiger partial charge in [0.25, 0.3) is 0 Å². The Labute approximate surface area is 233 Å². The molecule has 2 fully saturated rings. The van der Waals surface area contributed by atoms with Crippen LogP contribution in [-0.2, 0) is 23.4 Å². The molecule has 2 aromatic heterocycles. The van der Waals surface area contributed by atoms with E-state index in [1.807, 2.05) is 30.3 Å². The predicted molar refractivity (Wildman–Crippen MR) is 145 cm³/mol. The summed E-state index contributed by atoms with van der Waals surface area (Å²) in [6.07, 6.45) is -2.35. The minimum atomic E-state index is -3.58. The predicted octanol–water partition coefficient (Wildman–Crippen LogP) is 1.95. The Bertz CT molecular complexity index is 1430. The summed E-state index contributed by atoms with van der Waals surface area (Å²) in [5.41, 5.74) is 5.34. The van der Waals surface area contributed by atoms with Crippen LogP contribution in [0.15, 0.2) is 36.7 Å². The molecule has 40 heavy (non-hydrogen) atoms. The molecule has 16 heteroatoms. The van der Waals surface area contributed by atoms with Gasteiger partial charge >= 0.3 is 12.7 Å². The molecule has 0 amide bonds. The number of aliphatic hydroxyl groups is 2. The van der Waals surface area contributed by atoms with Gasteiger partial charge in [-0.15, -0.1) is 0 Å². The van der Waals surface area contributed by atoms with E-state index in [4.69, 9.17) is 24.5 Å². The second-order valence-electron chi connectivity index (χ2n) is 9.70. The summed E-state index contributed by atoms with van der Waals surface area (Å²) in [4.78, 5) is 25.2. The van der Waals surface area contributed by atoms with Crippen molar-refractivity contribution in [1.29, 1.82) is 0 Å². The van der Waals surface area contributed by atoms with Gasteiger partial charge in [0.1, 0.15) is 30.0 Å². The van der Waals surface area contributed by atoms with Crippen molar-refractivity contribution in [1.82, 2.24) is 24.6 Å². The Balaban J connectivity index is 1.25. The largest absolute Gasteiger partial charge is 0.479 e. The fourth-order valence-electron chi connectivity index (χ4n) is 4.65. The molecule has 5 rings (SSSR count). The lowest BCUT2D eigenvalue weighted by molar-refractivity contribution is -0.150. The summed E-state index contributed by atoms with van der Waals surface area (Å²) in [6.45, 7) is -0.748. The van der Waals surface area contributed by atoms with E-state index in [9.17, 15) is 19.6 Å². The molecule has 2 aliphatic heterocycles. The fraction of sp³-hybridized carbons (Fsp3) is 0.500. The van der Waals surface area contributed by atoms with Gasteiger partial charge in [-0.1, -0.05) is 41.7 Å². The SMILES string of the molecule is COc1nc(N)nc2c1ncn2[C@@H]1OC(CO[P@@]2(=O)NC(C(=O)O[C@@H](C)c3ccccc3)CCS2)[C@@H](O)[C@@]1(C)O. The van der Waals surface area contributed by atoms with Crippen molar-refractivity contribution in [2.24, 2.45) is 0 Å². The minimum absolute atomic E-state index is 0.0751. The van der Waals surface area contributed by atoms with E-state index in [0.717, 1.165) is 16.9 Å². The van der Waals surface area contributed by atoms with E-state index >= 15 is 0 Å². The maximum atomic E-state index is 13.5. The normalized spacial score (nSPS) is 31.2. The highest BCUT2D eigenvalue weighted by molar-refractivity contribution is 8.56. The molecular weight excluding hydrogens is 563 g/mol. The van der Waals surface area contributed by atoms with Crippen LogP contribution in [0.1, 0.15) is 38.2 Å². The van der Waals surface area contributed by atoms with Gasteiger partial charge in [-0.05, 0) is 25.8 Å². The number of nitrogens with zero attached hydrogens (tertiary/aromatic N) is 4. The van der Waals surface area contributed by atoms with Crippen LogP contribution in [0.4, 0.5) is 5.95 Å². The van der Waals surface area contributed by atoms with E-state index in [0.29, 0.717) is 12.2 Å². The first-order valence-electron chi connectivity index (χ1n) is 12.5. The van der Waals surface area contributed by atoms with Crippen molar-refractivity contribution in [3.63, 3.8) is 0 Å². The molecular formula is C24H31N6O8PS. The van der Waals surface area contributed by atoms with Gasteiger partial charge in [-0.2, -0.15) is 9.97 Å². The molecule has 2 aliphatic rings. The topological polar surface area (TPSA) is 193 Å². The fourth-order valence-corrected chi connectivity index (χ4v) is 8.46. The van der Waals surface area contributed by atoms with Gasteiger partial charge in [0.15, 0.2) is 17.4 Å². The molecule has 0 bridgehead atoms. The van der Waals surface area contributed by atoms with Crippen LogP contribution in [0.5, 0.6) is 5.88 Å². The molecule has 2 saturated heterocycles. The Hall–Kier alpha value is -2.78. The molecule has 5 N–H and O–H groups in total. The van der Waals surface area contributed by atoms with Gasteiger partial charge in [0.2, 0.25) is 11.8 Å². The number of methoxy groups -OCH3 is 1. The zero-order valence-electron chi connectivity index (χ0n) is 22.0. The van der Waals surface area contributed by atoms with E-state index in [-0.39, 0.29) is 29.6 Å². The number of hydrogen-bond acceptors (Lipinski definition) is 13. The van der Waals surface area contributed by atoms with Gasteiger partial charge in [-0.25, -0.2) is 10.1 Å². The lowest BCUT2D eigenvalue weighted by atomic mass is 9.96. The summed E-state index contributed by atoms with van der Waals surface area (Å²) >= 11 is 1.05. The van der Waals surface area contributed by atoms with Crippen LogP contribution in [-0.4, -0.2) is 79.0 Å². The number of hydrogen-bond donors (Lipinski definition) is 4. The molecule has 0 radical (unpaired) electrons. The number of anilines is 1. The highest BCUT2D eigenvalue weighted by Gasteiger charge is 2.54. The summed E-state index contributed by atoms with van der Waals surface area (Å²) in [7, 11) is 1.41. The average molecular weight is 595 g/mol. The molecule has 3 aromatic rings. The smallest absolute Gasteiger partial charge is 0.327 e. The third-order valence-electron chi connectivity index (χ3n) is 6.84. The Kier molecular flexibility index (Phi) is 8.08. The standard InChI is InChI=1S/C24H31N6O8PS/c1-13(14-7-5-4-6-8-14)37-21(32)15-9-10-40-39(34,29-15)36-11-16-18(31)24(2,33)22(38-16)30-12-26-17-19(30)27-23(25)28-20(17)35-3/h4-8,12-13,15-16,18,22,31,33H,9-11H2,1-3H3,(H,29,34)(H2,25,27,28)/t13-,15?,16?,18+,22+,24+,39-/m0/s1. The summed E-state index contributed by atoms with van der Waals surface area (Å²) in [5.74, 6) is -0.0791. The number of carbonyl (C=O) groups is 1. The first-order valence-corrected chi connectivity index (χ1v) is 15.8. The lowest BCUT2D eigenvalue weighted by Gasteiger charge is -2.30. The number of carbonyl (C=O) groups excluding carboxylic acids is 1. The number of imidazole rings is 1. The number of nitrogen functional groups attached to an aromatic ring is 1. The number of esters is 1. The molecule has 0 saturated carbocycles. The van der Waals surface area contributed by atoms with Crippen molar-refractivity contribution >= 4 is 41.2 Å². The molecule has 1 aromatic carbocycles.